The van der Waals surface area contributed by atoms with Crippen LogP contribution in [0.2, 0.25) is 0 Å². The van der Waals surface area contributed by atoms with Gasteiger partial charge >= 0.3 is 0 Å². The summed E-state index contributed by atoms with van der Waals surface area (Å²) in [5.74, 6) is -0.713. The van der Waals surface area contributed by atoms with Gasteiger partial charge in [0.1, 0.15) is 11.8 Å². The van der Waals surface area contributed by atoms with E-state index in [0.29, 0.717) is 38.2 Å². The maximum atomic E-state index is 14.0. The number of anilines is 1. The summed E-state index contributed by atoms with van der Waals surface area (Å²) in [7, 11) is 0. The predicted molar refractivity (Wildman–Crippen MR) is 146 cm³/mol. The summed E-state index contributed by atoms with van der Waals surface area (Å²) in [5.41, 5.74) is 0.661. The van der Waals surface area contributed by atoms with E-state index in [4.69, 9.17) is 4.74 Å². The smallest absolute Gasteiger partial charge is 0.244 e. The minimum atomic E-state index is -0.610. The molecule has 3 saturated heterocycles. The summed E-state index contributed by atoms with van der Waals surface area (Å²) in [4.78, 5) is 43.0. The Bertz CT molecular complexity index is 989. The van der Waals surface area contributed by atoms with Crippen LogP contribution >= 0.6 is 11.8 Å². The average Bonchev–Trinajstić information content (AvgIpc) is 3.44. The Morgan fingerprint density at radius 1 is 1.11 bits per heavy atom. The number of rotatable bonds is 13. The van der Waals surface area contributed by atoms with Gasteiger partial charge in [-0.1, -0.05) is 19.8 Å². The number of amides is 3. The maximum absolute atomic E-state index is 14.0. The van der Waals surface area contributed by atoms with Crippen LogP contribution in [0.1, 0.15) is 65.7 Å². The van der Waals surface area contributed by atoms with E-state index in [9.17, 15) is 19.5 Å². The number of nitrogens with zero attached hydrogens (tertiary/aromatic N) is 1. The van der Waals surface area contributed by atoms with E-state index in [2.05, 4.69) is 24.5 Å². The molecular weight excluding hydrogens is 490 g/mol. The lowest BCUT2D eigenvalue weighted by molar-refractivity contribution is -0.139. The van der Waals surface area contributed by atoms with Crippen LogP contribution in [0.4, 0.5) is 5.69 Å². The average molecular weight is 532 g/mol. The van der Waals surface area contributed by atoms with Gasteiger partial charge in [0.15, 0.2) is 0 Å². The quantitative estimate of drug-likeness (QED) is 0.336. The van der Waals surface area contributed by atoms with Gasteiger partial charge in [-0.3, -0.25) is 14.4 Å². The first kappa shape index (κ1) is 27.8. The number of thioether (sulfide) groups is 1. The Hall–Kier alpha value is -2.26. The van der Waals surface area contributed by atoms with Gasteiger partial charge < -0.3 is 25.4 Å². The zero-order valence-electron chi connectivity index (χ0n) is 22.3. The molecule has 204 valence electrons. The lowest BCUT2D eigenvalue weighted by Gasteiger charge is -2.34. The number of fused-ring (bicyclic) bond motifs is 1. The number of unbranched alkanes of at least 4 members (excludes halogenated alkanes) is 3. The number of hydrogen-bond acceptors (Lipinski definition) is 6. The number of ether oxygens (including phenoxy) is 1. The molecule has 3 N–H and O–H groups in total. The van der Waals surface area contributed by atoms with Crippen LogP contribution in [0.25, 0.3) is 0 Å². The first-order valence-electron chi connectivity index (χ1n) is 13.7. The molecule has 0 radical (unpaired) electrons. The van der Waals surface area contributed by atoms with Crippen molar-refractivity contribution in [1.29, 1.82) is 0 Å². The van der Waals surface area contributed by atoms with E-state index in [1.807, 2.05) is 31.2 Å². The third-order valence-corrected chi connectivity index (χ3v) is 10.1. The van der Waals surface area contributed by atoms with Crippen molar-refractivity contribution < 1.29 is 24.2 Å². The molecule has 2 unspecified atom stereocenters. The van der Waals surface area contributed by atoms with Crippen LogP contribution in [0.3, 0.4) is 0 Å². The first-order valence-corrected chi connectivity index (χ1v) is 14.6. The third-order valence-electron chi connectivity index (χ3n) is 8.13. The van der Waals surface area contributed by atoms with E-state index < -0.39 is 27.4 Å². The molecule has 0 aliphatic carbocycles. The van der Waals surface area contributed by atoms with Gasteiger partial charge in [0, 0.05) is 30.1 Å². The van der Waals surface area contributed by atoms with Crippen LogP contribution in [0.5, 0.6) is 5.75 Å². The van der Waals surface area contributed by atoms with Gasteiger partial charge in [0.25, 0.3) is 0 Å². The van der Waals surface area contributed by atoms with Gasteiger partial charge in [-0.15, -0.1) is 11.8 Å². The van der Waals surface area contributed by atoms with Crippen LogP contribution in [-0.2, 0) is 14.4 Å². The summed E-state index contributed by atoms with van der Waals surface area (Å²) in [5, 5.41) is 15.4. The summed E-state index contributed by atoms with van der Waals surface area (Å²) in [6, 6.07) is 6.66. The van der Waals surface area contributed by atoms with Crippen LogP contribution in [-0.4, -0.2) is 69.6 Å². The molecule has 1 spiro atoms. The maximum Gasteiger partial charge on any atom is 0.244 e. The second-order valence-corrected chi connectivity index (χ2v) is 12.5. The monoisotopic (exact) mass is 531 g/mol. The molecule has 9 heteroatoms. The highest BCUT2D eigenvalue weighted by atomic mass is 32.2. The van der Waals surface area contributed by atoms with Crippen molar-refractivity contribution >= 4 is 35.2 Å². The molecule has 3 fully saturated rings. The zero-order chi connectivity index (χ0) is 26.6. The van der Waals surface area contributed by atoms with Crippen molar-refractivity contribution in [2.45, 2.75) is 81.3 Å². The van der Waals surface area contributed by atoms with Crippen molar-refractivity contribution in [2.75, 3.05) is 31.6 Å². The molecule has 0 saturated carbocycles. The van der Waals surface area contributed by atoms with E-state index in [1.165, 1.54) is 0 Å². The fraction of sp³-hybridized carbons (Fsp3) is 0.679. The largest absolute Gasteiger partial charge is 0.494 e. The molecule has 3 heterocycles. The van der Waals surface area contributed by atoms with Gasteiger partial charge in [-0.25, -0.2) is 0 Å². The molecule has 2 bridgehead atoms. The summed E-state index contributed by atoms with van der Waals surface area (Å²) in [6.07, 6.45) is 5.72. The second-order valence-electron chi connectivity index (χ2n) is 10.6. The summed E-state index contributed by atoms with van der Waals surface area (Å²) >= 11 is 1.68. The molecule has 1 aromatic rings. The number of likely N-dealkylation sites (tertiary alicyclic amines) is 1. The van der Waals surface area contributed by atoms with E-state index in [0.717, 1.165) is 37.9 Å². The molecule has 4 rings (SSSR count). The van der Waals surface area contributed by atoms with Crippen LogP contribution < -0.4 is 15.4 Å². The van der Waals surface area contributed by atoms with E-state index >= 15 is 0 Å². The van der Waals surface area contributed by atoms with Gasteiger partial charge in [0.2, 0.25) is 17.7 Å². The van der Waals surface area contributed by atoms with Crippen molar-refractivity contribution in [3.63, 3.8) is 0 Å². The lowest BCUT2D eigenvalue weighted by atomic mass is 9.66. The Morgan fingerprint density at radius 3 is 2.54 bits per heavy atom. The van der Waals surface area contributed by atoms with Crippen LogP contribution in [0, 0.1) is 11.8 Å². The molecule has 3 amide bonds. The van der Waals surface area contributed by atoms with Gasteiger partial charge in [-0.05, 0) is 70.2 Å². The normalized spacial score (nSPS) is 29.9. The number of benzene rings is 1. The van der Waals surface area contributed by atoms with Crippen LogP contribution in [0.15, 0.2) is 24.3 Å². The molecule has 3 aliphatic heterocycles. The molecule has 0 aromatic heterocycles. The Kier molecular flexibility index (Phi) is 8.74. The summed E-state index contributed by atoms with van der Waals surface area (Å²) in [6.45, 7) is 7.73. The Morgan fingerprint density at radius 2 is 1.86 bits per heavy atom. The fourth-order valence-corrected chi connectivity index (χ4v) is 8.82. The number of aliphatic hydroxyl groups is 1. The molecule has 5 atom stereocenters. The highest BCUT2D eigenvalue weighted by Crippen LogP contribution is 2.71. The Balaban J connectivity index is 1.59. The third kappa shape index (κ3) is 5.21. The second kappa shape index (κ2) is 11.6. The number of nitrogens with one attached hydrogen (secondary N) is 2. The highest BCUT2D eigenvalue weighted by Gasteiger charge is 2.76. The highest BCUT2D eigenvalue weighted by molar-refractivity contribution is 8.02. The molecule has 1 aromatic carbocycles. The Labute approximate surface area is 224 Å². The summed E-state index contributed by atoms with van der Waals surface area (Å²) < 4.78 is 4.48. The molecule has 3 aliphatic rings. The topological polar surface area (TPSA) is 108 Å². The SMILES string of the molecule is CCCCCNC(=O)C1N(CCCCO)C(=O)[C@@H]2[C@@H](C(=O)Nc3ccc(OCC)cc3)[C@@]3(C)CCC12S3. The minimum absolute atomic E-state index is 0.0461. The van der Waals surface area contributed by atoms with E-state index in [-0.39, 0.29) is 24.3 Å². The minimum Gasteiger partial charge on any atom is -0.494 e. The number of aliphatic hydroxyl groups excluding tert-OH is 1. The zero-order valence-corrected chi connectivity index (χ0v) is 23.1. The number of carbonyl (C=O) groups is 3. The lowest BCUT2D eigenvalue weighted by Crippen LogP contribution is -2.54. The van der Waals surface area contributed by atoms with E-state index in [1.54, 1.807) is 16.7 Å². The molecule has 37 heavy (non-hydrogen) atoms. The number of hydrogen-bond donors (Lipinski definition) is 3. The molecular formula is C28H41N3O5S. The standard InChI is InChI=1S/C28H41N3O5S/c1-4-6-7-16-29-25(34)23-28-15-14-27(3,37-28)21(22(28)26(35)31(23)17-8-9-18-32)24(33)30-19-10-12-20(13-11-19)36-5-2/h10-13,21-23,32H,4-9,14-18H2,1-3H3,(H,29,34)(H,30,33)/t21-,22-,23?,27+,28?/m0/s1. The molecule has 8 nitrogen and oxygen atoms in total. The van der Waals surface area contributed by atoms with Crippen molar-refractivity contribution in [3.05, 3.63) is 24.3 Å². The first-order chi connectivity index (χ1) is 17.8. The van der Waals surface area contributed by atoms with Crippen molar-refractivity contribution in [2.24, 2.45) is 11.8 Å². The van der Waals surface area contributed by atoms with Gasteiger partial charge in [-0.2, -0.15) is 0 Å². The predicted octanol–water partition coefficient (Wildman–Crippen LogP) is 3.58. The number of carbonyl (C=O) groups excluding carboxylic acids is 3. The fourth-order valence-electron chi connectivity index (χ4n) is 6.47. The van der Waals surface area contributed by atoms with Crippen molar-refractivity contribution in [3.8, 4) is 5.75 Å². The van der Waals surface area contributed by atoms with Gasteiger partial charge in [0.05, 0.1) is 23.2 Å². The van der Waals surface area contributed by atoms with Crippen molar-refractivity contribution in [1.82, 2.24) is 10.2 Å².